The molecular formula is C34H20N2O2. The number of hydrogen-bond acceptors (Lipinski definition) is 4. The molecule has 0 aliphatic rings. The van der Waals surface area contributed by atoms with Crippen molar-refractivity contribution in [2.75, 3.05) is 0 Å². The zero-order valence-corrected chi connectivity index (χ0v) is 20.3. The van der Waals surface area contributed by atoms with Gasteiger partial charge >= 0.3 is 0 Å². The minimum Gasteiger partial charge on any atom is -0.455 e. The highest BCUT2D eigenvalue weighted by molar-refractivity contribution is 6.10. The van der Waals surface area contributed by atoms with Crippen LogP contribution < -0.4 is 0 Å². The van der Waals surface area contributed by atoms with Crippen molar-refractivity contribution in [3.63, 3.8) is 0 Å². The lowest BCUT2D eigenvalue weighted by Crippen LogP contribution is -1.96. The average Bonchev–Trinajstić information content (AvgIpc) is 3.56. The van der Waals surface area contributed by atoms with Crippen molar-refractivity contribution in [3.8, 4) is 33.9 Å². The van der Waals surface area contributed by atoms with Gasteiger partial charge in [-0.05, 0) is 30.3 Å². The molecule has 8 aromatic rings. The van der Waals surface area contributed by atoms with Crippen LogP contribution >= 0.6 is 0 Å². The van der Waals surface area contributed by atoms with E-state index in [9.17, 15) is 0 Å². The minimum absolute atomic E-state index is 0.610. The lowest BCUT2D eigenvalue weighted by Gasteiger charge is -2.10. The summed E-state index contributed by atoms with van der Waals surface area (Å²) in [5.74, 6) is 0.610. The molecule has 0 bridgehead atoms. The SMILES string of the molecule is c1ccc(-c2cc(-c3cccc4c3oc3ccccc34)nc(-c3cccc4c3oc3ccccc34)n2)cc1. The van der Waals surface area contributed by atoms with Gasteiger partial charge in [-0.15, -0.1) is 0 Å². The molecule has 178 valence electrons. The number of para-hydroxylation sites is 4. The molecule has 4 nitrogen and oxygen atoms in total. The van der Waals surface area contributed by atoms with Gasteiger partial charge < -0.3 is 8.83 Å². The third-order valence-electron chi connectivity index (χ3n) is 7.12. The Kier molecular flexibility index (Phi) is 4.49. The van der Waals surface area contributed by atoms with Crippen LogP contribution in [0.25, 0.3) is 77.8 Å². The van der Waals surface area contributed by atoms with Crippen molar-refractivity contribution >= 4 is 43.9 Å². The van der Waals surface area contributed by atoms with E-state index in [2.05, 4.69) is 48.5 Å². The topological polar surface area (TPSA) is 52.1 Å². The summed E-state index contributed by atoms with van der Waals surface area (Å²) >= 11 is 0. The number of furan rings is 2. The molecule has 0 spiro atoms. The van der Waals surface area contributed by atoms with Gasteiger partial charge in [0.25, 0.3) is 0 Å². The molecule has 0 amide bonds. The first-order valence-electron chi connectivity index (χ1n) is 12.6. The van der Waals surface area contributed by atoms with Crippen LogP contribution in [0.5, 0.6) is 0 Å². The van der Waals surface area contributed by atoms with Gasteiger partial charge in [0.2, 0.25) is 0 Å². The molecule has 0 aliphatic carbocycles. The minimum atomic E-state index is 0.610. The van der Waals surface area contributed by atoms with E-state index in [0.29, 0.717) is 5.82 Å². The molecule has 0 fully saturated rings. The van der Waals surface area contributed by atoms with Crippen LogP contribution in [-0.2, 0) is 0 Å². The Balaban J connectivity index is 1.43. The largest absolute Gasteiger partial charge is 0.455 e. The lowest BCUT2D eigenvalue weighted by atomic mass is 10.0. The van der Waals surface area contributed by atoms with E-state index in [-0.39, 0.29) is 0 Å². The Morgan fingerprint density at radius 3 is 1.63 bits per heavy atom. The van der Waals surface area contributed by atoms with Gasteiger partial charge in [-0.2, -0.15) is 0 Å². The fourth-order valence-electron chi connectivity index (χ4n) is 5.33. The van der Waals surface area contributed by atoms with Crippen LogP contribution in [0.2, 0.25) is 0 Å². The lowest BCUT2D eigenvalue weighted by molar-refractivity contribution is 0.669. The molecule has 0 radical (unpaired) electrons. The molecule has 4 heteroatoms. The maximum atomic E-state index is 6.36. The van der Waals surface area contributed by atoms with Gasteiger partial charge in [-0.1, -0.05) is 91.0 Å². The zero-order valence-electron chi connectivity index (χ0n) is 20.3. The summed E-state index contributed by atoms with van der Waals surface area (Å²) in [7, 11) is 0. The van der Waals surface area contributed by atoms with E-state index in [1.807, 2.05) is 72.8 Å². The summed E-state index contributed by atoms with van der Waals surface area (Å²) in [5, 5.41) is 4.29. The molecule has 3 heterocycles. The van der Waals surface area contributed by atoms with E-state index in [4.69, 9.17) is 18.8 Å². The number of aromatic nitrogens is 2. The first-order valence-corrected chi connectivity index (χ1v) is 12.6. The number of rotatable bonds is 3. The van der Waals surface area contributed by atoms with Crippen molar-refractivity contribution in [1.29, 1.82) is 0 Å². The van der Waals surface area contributed by atoms with Crippen LogP contribution in [0.1, 0.15) is 0 Å². The second-order valence-electron chi connectivity index (χ2n) is 9.39. The molecule has 0 aliphatic heterocycles. The van der Waals surface area contributed by atoms with Crippen LogP contribution in [0.15, 0.2) is 130 Å². The van der Waals surface area contributed by atoms with Crippen molar-refractivity contribution < 1.29 is 8.83 Å². The molecule has 8 rings (SSSR count). The van der Waals surface area contributed by atoms with E-state index < -0.39 is 0 Å². The Morgan fingerprint density at radius 2 is 0.947 bits per heavy atom. The quantitative estimate of drug-likeness (QED) is 0.249. The smallest absolute Gasteiger partial charge is 0.164 e. The molecule has 5 aromatic carbocycles. The van der Waals surface area contributed by atoms with E-state index in [1.54, 1.807) is 0 Å². The molecule has 0 N–H and O–H groups in total. The Morgan fingerprint density at radius 1 is 0.421 bits per heavy atom. The number of nitrogens with zero attached hydrogens (tertiary/aromatic N) is 2. The van der Waals surface area contributed by atoms with Crippen LogP contribution in [0.3, 0.4) is 0 Å². The van der Waals surface area contributed by atoms with Crippen LogP contribution in [0.4, 0.5) is 0 Å². The highest BCUT2D eigenvalue weighted by atomic mass is 16.3. The van der Waals surface area contributed by atoms with Gasteiger partial charge in [-0.25, -0.2) is 9.97 Å². The van der Waals surface area contributed by atoms with E-state index in [1.165, 1.54) is 0 Å². The summed E-state index contributed by atoms with van der Waals surface area (Å²) in [6.07, 6.45) is 0. The van der Waals surface area contributed by atoms with E-state index in [0.717, 1.165) is 72.0 Å². The summed E-state index contributed by atoms with van der Waals surface area (Å²) in [4.78, 5) is 10.1. The van der Waals surface area contributed by atoms with Gasteiger partial charge in [-0.3, -0.25) is 0 Å². The summed E-state index contributed by atoms with van der Waals surface area (Å²) in [6.45, 7) is 0. The normalized spacial score (nSPS) is 11.7. The third-order valence-corrected chi connectivity index (χ3v) is 7.12. The fraction of sp³-hybridized carbons (Fsp3) is 0. The maximum Gasteiger partial charge on any atom is 0.164 e. The molecular weight excluding hydrogens is 468 g/mol. The fourth-order valence-corrected chi connectivity index (χ4v) is 5.33. The molecule has 38 heavy (non-hydrogen) atoms. The van der Waals surface area contributed by atoms with Crippen LogP contribution in [0, 0.1) is 0 Å². The van der Waals surface area contributed by atoms with Crippen molar-refractivity contribution in [1.82, 2.24) is 9.97 Å². The maximum absolute atomic E-state index is 6.36. The molecule has 0 unspecified atom stereocenters. The van der Waals surface area contributed by atoms with Gasteiger partial charge in [0.15, 0.2) is 5.82 Å². The highest BCUT2D eigenvalue weighted by Crippen LogP contribution is 2.39. The van der Waals surface area contributed by atoms with Gasteiger partial charge in [0.05, 0.1) is 17.0 Å². The Hall–Kier alpha value is -5.22. The zero-order chi connectivity index (χ0) is 25.1. The third kappa shape index (κ3) is 3.17. The second kappa shape index (κ2) is 8.15. The highest BCUT2D eigenvalue weighted by Gasteiger charge is 2.19. The van der Waals surface area contributed by atoms with Crippen molar-refractivity contribution in [2.45, 2.75) is 0 Å². The predicted molar refractivity (Wildman–Crippen MR) is 153 cm³/mol. The van der Waals surface area contributed by atoms with Gasteiger partial charge in [0.1, 0.15) is 22.3 Å². The molecule has 0 saturated heterocycles. The standard InChI is InChI=1S/C34H20N2O2/c1-2-10-21(11-3-1)28-20-29(26-16-8-14-24-22-12-4-6-18-30(22)37-32(24)26)36-34(35-28)27-17-9-15-25-23-13-5-7-19-31(23)38-33(25)27/h1-20H. The molecule has 0 atom stereocenters. The van der Waals surface area contributed by atoms with Crippen molar-refractivity contribution in [2.24, 2.45) is 0 Å². The molecule has 0 saturated carbocycles. The first kappa shape index (κ1) is 20.9. The van der Waals surface area contributed by atoms with Crippen molar-refractivity contribution in [3.05, 3.63) is 121 Å². The average molecular weight is 489 g/mol. The van der Waals surface area contributed by atoms with E-state index >= 15 is 0 Å². The summed E-state index contributed by atoms with van der Waals surface area (Å²) in [6, 6.07) is 40.8. The first-order chi connectivity index (χ1) is 18.8. The monoisotopic (exact) mass is 488 g/mol. The summed E-state index contributed by atoms with van der Waals surface area (Å²) < 4.78 is 12.7. The number of benzene rings is 5. The Labute approximate surface area is 217 Å². The number of fused-ring (bicyclic) bond motifs is 6. The van der Waals surface area contributed by atoms with Crippen LogP contribution in [-0.4, -0.2) is 9.97 Å². The molecule has 3 aromatic heterocycles. The Bertz CT molecular complexity index is 2010. The predicted octanol–water partition coefficient (Wildman–Crippen LogP) is 9.28. The second-order valence-corrected chi connectivity index (χ2v) is 9.39. The summed E-state index contributed by atoms with van der Waals surface area (Å²) in [5.41, 5.74) is 7.75. The van der Waals surface area contributed by atoms with Gasteiger partial charge in [0, 0.05) is 32.7 Å². The number of hydrogen-bond donors (Lipinski definition) is 0.